The third kappa shape index (κ3) is 4.36. The summed E-state index contributed by atoms with van der Waals surface area (Å²) in [6.45, 7) is 7.04. The number of benzene rings is 9. The summed E-state index contributed by atoms with van der Waals surface area (Å²) >= 11 is 0. The zero-order chi connectivity index (χ0) is 40.0. The lowest BCUT2D eigenvalue weighted by molar-refractivity contribution is 0.591. The lowest BCUT2D eigenvalue weighted by Crippen LogP contribution is -2.23. The second-order valence-electron chi connectivity index (χ2n) is 19.0. The van der Waals surface area contributed by atoms with E-state index in [9.17, 15) is 0 Å². The molecule has 4 aliphatic rings. The summed E-state index contributed by atoms with van der Waals surface area (Å²) in [6.07, 6.45) is 4.40. The highest BCUT2D eigenvalue weighted by Gasteiger charge is 2.49. The van der Waals surface area contributed by atoms with Crippen molar-refractivity contribution in [2.24, 2.45) is 0 Å². The molecule has 0 heterocycles. The van der Waals surface area contributed by atoms with Gasteiger partial charge in [0.05, 0.1) is 0 Å². The lowest BCUT2D eigenvalue weighted by Gasteiger charge is -2.29. The standard InChI is InChI=1S/C60H46/c1-58(2,3)41-26-29-48-49(36-41)57(40-25-28-45-43-17-9-13-23-53(43)60(55(45)35-40)33-31-38-15-5-11-21-51(38)60)47-19-7-6-18-46(47)56(48)39-24-27-44-42-16-8-12-22-52(42)59(54(44)34-39)32-30-37-14-4-10-20-50(37)59/h4-29,34-36H,30-33H2,1-3H3. The maximum Gasteiger partial charge on any atom is 0.0469 e. The average molecular weight is 767 g/mol. The molecule has 13 rings (SSSR count). The first-order chi connectivity index (χ1) is 29.4. The lowest BCUT2D eigenvalue weighted by atomic mass is 9.72. The topological polar surface area (TPSA) is 0 Å². The van der Waals surface area contributed by atoms with Gasteiger partial charge in [0, 0.05) is 10.8 Å². The fraction of sp³-hybridized carbons (Fsp3) is 0.167. The molecule has 0 saturated carbocycles. The number of hydrogen-bond donors (Lipinski definition) is 0. The zero-order valence-corrected chi connectivity index (χ0v) is 34.6. The van der Waals surface area contributed by atoms with Crippen LogP contribution in [-0.2, 0) is 29.1 Å². The molecule has 0 N–H and O–H groups in total. The van der Waals surface area contributed by atoms with Gasteiger partial charge < -0.3 is 0 Å². The van der Waals surface area contributed by atoms with Crippen LogP contribution in [0.25, 0.3) is 66.1 Å². The van der Waals surface area contributed by atoms with Gasteiger partial charge in [0.25, 0.3) is 0 Å². The van der Waals surface area contributed by atoms with Crippen LogP contribution in [0.5, 0.6) is 0 Å². The highest BCUT2D eigenvalue weighted by Crippen LogP contribution is 2.61. The fourth-order valence-electron chi connectivity index (χ4n) is 12.7. The van der Waals surface area contributed by atoms with E-state index in [1.165, 1.54) is 116 Å². The van der Waals surface area contributed by atoms with Gasteiger partial charge in [0.1, 0.15) is 0 Å². The molecular formula is C60H46. The van der Waals surface area contributed by atoms with E-state index in [1.807, 2.05) is 0 Å². The van der Waals surface area contributed by atoms with Crippen LogP contribution < -0.4 is 0 Å². The molecule has 0 fully saturated rings. The number of hydrogen-bond acceptors (Lipinski definition) is 0. The van der Waals surface area contributed by atoms with Crippen LogP contribution in [0.1, 0.15) is 83.7 Å². The van der Waals surface area contributed by atoms with Crippen LogP contribution in [0.4, 0.5) is 0 Å². The summed E-state index contributed by atoms with van der Waals surface area (Å²) in [4.78, 5) is 0. The largest absolute Gasteiger partial charge is 0.0620 e. The number of rotatable bonds is 2. The van der Waals surface area contributed by atoms with E-state index in [4.69, 9.17) is 0 Å². The van der Waals surface area contributed by atoms with Crippen LogP contribution in [0.15, 0.2) is 176 Å². The van der Waals surface area contributed by atoms with E-state index >= 15 is 0 Å². The van der Waals surface area contributed by atoms with Crippen molar-refractivity contribution in [2.45, 2.75) is 62.7 Å². The van der Waals surface area contributed by atoms with Gasteiger partial charge >= 0.3 is 0 Å². The fourth-order valence-corrected chi connectivity index (χ4v) is 12.7. The molecular weight excluding hydrogens is 721 g/mol. The van der Waals surface area contributed by atoms with Crippen LogP contribution >= 0.6 is 0 Å². The normalized spacial score (nSPS) is 19.1. The molecule has 0 nitrogen and oxygen atoms in total. The molecule has 2 unspecified atom stereocenters. The molecule has 0 bridgehead atoms. The average Bonchev–Trinajstić information content (AvgIpc) is 4.02. The molecule has 0 saturated heterocycles. The zero-order valence-electron chi connectivity index (χ0n) is 34.6. The molecule has 9 aromatic rings. The van der Waals surface area contributed by atoms with Gasteiger partial charge in [0.15, 0.2) is 0 Å². The Hall–Kier alpha value is -6.50. The van der Waals surface area contributed by atoms with Crippen LogP contribution in [0.3, 0.4) is 0 Å². The molecule has 4 aliphatic carbocycles. The number of aryl methyl sites for hydroxylation is 2. The van der Waals surface area contributed by atoms with Gasteiger partial charge in [-0.2, -0.15) is 0 Å². The van der Waals surface area contributed by atoms with Crippen LogP contribution in [-0.4, -0.2) is 0 Å². The summed E-state index contributed by atoms with van der Waals surface area (Å²) in [7, 11) is 0. The monoisotopic (exact) mass is 766 g/mol. The quantitative estimate of drug-likeness (QED) is 0.154. The van der Waals surface area contributed by atoms with Gasteiger partial charge in [-0.25, -0.2) is 0 Å². The summed E-state index contributed by atoms with van der Waals surface area (Å²) in [5, 5.41) is 5.27. The Morgan fingerprint density at radius 2 is 0.767 bits per heavy atom. The first-order valence-electron chi connectivity index (χ1n) is 22.0. The third-order valence-corrected chi connectivity index (χ3v) is 15.3. The van der Waals surface area contributed by atoms with Crippen molar-refractivity contribution in [1.82, 2.24) is 0 Å². The SMILES string of the molecule is CC(C)(C)c1ccc2c(-c3ccc4c(c3)C3(CCc5ccccc53)c3ccccc3-4)c3ccccc3c(-c3ccc4c(c3)C3(CCc5ccccc53)c3ccccc3-4)c2c1. The minimum atomic E-state index is -0.141. The highest BCUT2D eigenvalue weighted by molar-refractivity contribution is 6.22. The van der Waals surface area contributed by atoms with Gasteiger partial charge in [-0.05, 0) is 165 Å². The molecule has 286 valence electrons. The maximum absolute atomic E-state index is 2.59. The summed E-state index contributed by atoms with van der Waals surface area (Å²) in [5.41, 5.74) is 23.7. The Morgan fingerprint density at radius 3 is 1.28 bits per heavy atom. The minimum Gasteiger partial charge on any atom is -0.0620 e. The maximum atomic E-state index is 2.59. The van der Waals surface area contributed by atoms with Gasteiger partial charge in [-0.15, -0.1) is 0 Å². The highest BCUT2D eigenvalue weighted by atomic mass is 14.5. The first kappa shape index (κ1) is 34.4. The van der Waals surface area contributed by atoms with E-state index in [-0.39, 0.29) is 16.2 Å². The van der Waals surface area contributed by atoms with Crippen molar-refractivity contribution in [2.75, 3.05) is 0 Å². The smallest absolute Gasteiger partial charge is 0.0469 e. The second-order valence-corrected chi connectivity index (χ2v) is 19.0. The van der Waals surface area contributed by atoms with E-state index in [1.54, 1.807) is 0 Å². The predicted molar refractivity (Wildman–Crippen MR) is 251 cm³/mol. The molecule has 0 radical (unpaired) electrons. The van der Waals surface area contributed by atoms with Crippen LogP contribution in [0, 0.1) is 0 Å². The van der Waals surface area contributed by atoms with Crippen molar-refractivity contribution < 1.29 is 0 Å². The Kier molecular flexibility index (Phi) is 6.90. The molecule has 9 aromatic carbocycles. The van der Waals surface area contributed by atoms with Gasteiger partial charge in [0.2, 0.25) is 0 Å². The van der Waals surface area contributed by atoms with Crippen molar-refractivity contribution in [3.8, 4) is 44.5 Å². The molecule has 0 amide bonds. The summed E-state index contributed by atoms with van der Waals surface area (Å²) < 4.78 is 0. The third-order valence-electron chi connectivity index (χ3n) is 15.3. The van der Waals surface area contributed by atoms with E-state index in [0.717, 1.165) is 25.7 Å². The van der Waals surface area contributed by atoms with E-state index < -0.39 is 0 Å². The van der Waals surface area contributed by atoms with E-state index in [2.05, 4.69) is 197 Å². The minimum absolute atomic E-state index is 0.00391. The van der Waals surface area contributed by atoms with Crippen molar-refractivity contribution in [1.29, 1.82) is 0 Å². The van der Waals surface area contributed by atoms with Crippen molar-refractivity contribution in [3.63, 3.8) is 0 Å². The summed E-state index contributed by atoms with van der Waals surface area (Å²) in [5.74, 6) is 0. The molecule has 2 spiro atoms. The van der Waals surface area contributed by atoms with E-state index in [0.29, 0.717) is 0 Å². The molecule has 0 aromatic heterocycles. The molecule has 0 heteroatoms. The Labute approximate surface area is 353 Å². The first-order valence-corrected chi connectivity index (χ1v) is 22.0. The Bertz CT molecular complexity index is 3310. The molecule has 0 aliphatic heterocycles. The second kappa shape index (κ2) is 12.0. The molecule has 60 heavy (non-hydrogen) atoms. The van der Waals surface area contributed by atoms with Crippen LogP contribution in [0.2, 0.25) is 0 Å². The predicted octanol–water partition coefficient (Wildman–Crippen LogP) is 15.1. The summed E-state index contributed by atoms with van der Waals surface area (Å²) in [6, 6.07) is 68.4. The molecule has 2 atom stereocenters. The van der Waals surface area contributed by atoms with Crippen molar-refractivity contribution in [3.05, 3.63) is 226 Å². The van der Waals surface area contributed by atoms with Gasteiger partial charge in [-0.1, -0.05) is 178 Å². The Balaban J connectivity index is 1.09. The Morgan fingerprint density at radius 1 is 0.350 bits per heavy atom. The van der Waals surface area contributed by atoms with Gasteiger partial charge in [-0.3, -0.25) is 0 Å². The number of fused-ring (bicyclic) bond motifs is 16. The van der Waals surface area contributed by atoms with Crippen molar-refractivity contribution >= 4 is 21.5 Å².